The fourth-order valence-corrected chi connectivity index (χ4v) is 3.54. The fourth-order valence-electron chi connectivity index (χ4n) is 3.54. The zero-order valence-corrected chi connectivity index (χ0v) is 15.8. The van der Waals surface area contributed by atoms with Crippen molar-refractivity contribution in [1.82, 2.24) is 9.97 Å². The summed E-state index contributed by atoms with van der Waals surface area (Å²) in [5, 5.41) is 4.58. The minimum atomic E-state index is 0.713. The summed E-state index contributed by atoms with van der Waals surface area (Å²) >= 11 is 0. The van der Waals surface area contributed by atoms with E-state index in [1.165, 1.54) is 31.2 Å². The first kappa shape index (κ1) is 17.6. The molecule has 0 saturated carbocycles. The summed E-state index contributed by atoms with van der Waals surface area (Å²) in [5.74, 6) is 2.61. The van der Waals surface area contributed by atoms with Crippen LogP contribution in [0.3, 0.4) is 0 Å². The summed E-state index contributed by atoms with van der Waals surface area (Å²) < 4.78 is 5.24. The van der Waals surface area contributed by atoms with Gasteiger partial charge in [-0.3, -0.25) is 0 Å². The lowest BCUT2D eigenvalue weighted by Crippen LogP contribution is -2.26. The maximum absolute atomic E-state index is 5.24. The zero-order valence-electron chi connectivity index (χ0n) is 15.8. The van der Waals surface area contributed by atoms with Gasteiger partial charge in [0.05, 0.1) is 12.6 Å². The van der Waals surface area contributed by atoms with E-state index in [1.54, 1.807) is 7.11 Å². The number of anilines is 2. The Morgan fingerprint density at radius 2 is 1.67 bits per heavy atom. The summed E-state index contributed by atoms with van der Waals surface area (Å²) in [6.45, 7) is 2.79. The monoisotopic (exact) mass is 362 g/mol. The average molecular weight is 362 g/mol. The molecule has 5 heteroatoms. The van der Waals surface area contributed by atoms with E-state index in [9.17, 15) is 0 Å². The molecule has 0 aliphatic carbocycles. The molecule has 1 aliphatic rings. The second kappa shape index (κ2) is 8.25. The van der Waals surface area contributed by atoms with Crippen molar-refractivity contribution < 1.29 is 4.74 Å². The molecule has 140 valence electrons. The lowest BCUT2D eigenvalue weighted by molar-refractivity contribution is 0.414. The molecule has 0 atom stereocenters. The molecule has 4 rings (SSSR count). The number of ether oxygens (including phenoxy) is 1. The highest BCUT2D eigenvalue weighted by atomic mass is 16.5. The Kier molecular flexibility index (Phi) is 5.37. The average Bonchev–Trinajstić information content (AvgIpc) is 3.02. The maximum Gasteiger partial charge on any atom is 0.227 e. The van der Waals surface area contributed by atoms with Gasteiger partial charge in [0.1, 0.15) is 11.6 Å². The van der Waals surface area contributed by atoms with E-state index in [1.807, 2.05) is 24.3 Å². The number of hydrogen-bond donors (Lipinski definition) is 1. The van der Waals surface area contributed by atoms with Gasteiger partial charge >= 0.3 is 0 Å². The number of nitrogens with zero attached hydrogens (tertiary/aromatic N) is 3. The Balaban J connectivity index is 1.61. The van der Waals surface area contributed by atoms with Crippen LogP contribution in [0.25, 0.3) is 10.9 Å². The van der Waals surface area contributed by atoms with Crippen molar-refractivity contribution in [3.05, 3.63) is 54.1 Å². The van der Waals surface area contributed by atoms with Gasteiger partial charge < -0.3 is 15.0 Å². The Morgan fingerprint density at radius 1 is 0.926 bits per heavy atom. The van der Waals surface area contributed by atoms with Crippen LogP contribution in [0.5, 0.6) is 5.75 Å². The van der Waals surface area contributed by atoms with Gasteiger partial charge in [0.25, 0.3) is 0 Å². The van der Waals surface area contributed by atoms with Crippen LogP contribution in [0.1, 0.15) is 31.2 Å². The molecule has 1 aromatic heterocycles. The summed E-state index contributed by atoms with van der Waals surface area (Å²) in [4.78, 5) is 12.1. The van der Waals surface area contributed by atoms with E-state index in [4.69, 9.17) is 14.7 Å². The molecule has 5 nitrogen and oxygen atoms in total. The quantitative estimate of drug-likeness (QED) is 0.717. The molecule has 0 radical (unpaired) electrons. The van der Waals surface area contributed by atoms with Crippen LogP contribution < -0.4 is 15.0 Å². The molecule has 2 heterocycles. The smallest absolute Gasteiger partial charge is 0.227 e. The molecule has 1 N–H and O–H groups in total. The van der Waals surface area contributed by atoms with Crippen molar-refractivity contribution in [2.75, 3.05) is 30.4 Å². The number of methoxy groups -OCH3 is 1. The van der Waals surface area contributed by atoms with E-state index >= 15 is 0 Å². The molecular weight excluding hydrogens is 336 g/mol. The van der Waals surface area contributed by atoms with Crippen molar-refractivity contribution in [1.29, 1.82) is 0 Å². The van der Waals surface area contributed by atoms with Gasteiger partial charge in [0.15, 0.2) is 0 Å². The molecule has 0 bridgehead atoms. The lowest BCUT2D eigenvalue weighted by atomic mass is 10.2. The topological polar surface area (TPSA) is 50.3 Å². The molecule has 0 spiro atoms. The molecule has 1 saturated heterocycles. The van der Waals surface area contributed by atoms with Gasteiger partial charge in [0.2, 0.25) is 5.95 Å². The first-order chi connectivity index (χ1) is 13.3. The Morgan fingerprint density at radius 3 is 2.41 bits per heavy atom. The third-order valence-electron chi connectivity index (χ3n) is 5.10. The molecule has 27 heavy (non-hydrogen) atoms. The lowest BCUT2D eigenvalue weighted by Gasteiger charge is -2.21. The minimum absolute atomic E-state index is 0.713. The predicted molar refractivity (Wildman–Crippen MR) is 111 cm³/mol. The van der Waals surface area contributed by atoms with Gasteiger partial charge in [-0.2, -0.15) is 4.98 Å². The predicted octanol–water partition coefficient (Wildman–Crippen LogP) is 4.63. The summed E-state index contributed by atoms with van der Waals surface area (Å²) in [5.41, 5.74) is 2.18. The van der Waals surface area contributed by atoms with Crippen molar-refractivity contribution in [2.24, 2.45) is 0 Å². The summed E-state index contributed by atoms with van der Waals surface area (Å²) in [6.07, 6.45) is 5.02. The minimum Gasteiger partial charge on any atom is -0.497 e. The third kappa shape index (κ3) is 4.13. The van der Waals surface area contributed by atoms with Crippen LogP contribution in [0.4, 0.5) is 11.8 Å². The largest absolute Gasteiger partial charge is 0.497 e. The molecule has 2 aromatic carbocycles. The Bertz CT molecular complexity index is 886. The van der Waals surface area contributed by atoms with Gasteiger partial charge in [-0.05, 0) is 42.7 Å². The number of aromatic nitrogens is 2. The van der Waals surface area contributed by atoms with E-state index < -0.39 is 0 Å². The zero-order chi connectivity index (χ0) is 18.5. The van der Waals surface area contributed by atoms with E-state index in [0.717, 1.165) is 41.5 Å². The molecule has 0 amide bonds. The number of hydrogen-bond acceptors (Lipinski definition) is 5. The van der Waals surface area contributed by atoms with Crippen molar-refractivity contribution in [2.45, 2.75) is 32.2 Å². The van der Waals surface area contributed by atoms with Crippen LogP contribution >= 0.6 is 0 Å². The van der Waals surface area contributed by atoms with Crippen molar-refractivity contribution >= 4 is 22.7 Å². The van der Waals surface area contributed by atoms with Crippen LogP contribution in [0, 0.1) is 0 Å². The van der Waals surface area contributed by atoms with E-state index in [-0.39, 0.29) is 0 Å². The van der Waals surface area contributed by atoms with Crippen LogP contribution in [-0.4, -0.2) is 30.2 Å². The van der Waals surface area contributed by atoms with Crippen LogP contribution in [0.15, 0.2) is 48.5 Å². The van der Waals surface area contributed by atoms with Gasteiger partial charge in [-0.15, -0.1) is 0 Å². The maximum atomic E-state index is 5.24. The molecular formula is C22H26N4O. The van der Waals surface area contributed by atoms with Crippen LogP contribution in [0.2, 0.25) is 0 Å². The molecule has 0 unspecified atom stereocenters. The molecule has 3 aromatic rings. The van der Waals surface area contributed by atoms with Gasteiger partial charge in [-0.1, -0.05) is 37.1 Å². The molecule has 1 aliphatic heterocycles. The Hall–Kier alpha value is -2.82. The van der Waals surface area contributed by atoms with Gasteiger partial charge in [-0.25, -0.2) is 4.98 Å². The van der Waals surface area contributed by atoms with E-state index in [0.29, 0.717) is 6.54 Å². The standard InChI is InChI=1S/C22H26N4O/c1-27-18-12-10-17(11-13-18)16-23-21-19-8-4-5-9-20(19)24-22(25-21)26-14-6-2-3-7-15-26/h4-5,8-13H,2-3,6-7,14-16H2,1H3,(H,23,24,25). The van der Waals surface area contributed by atoms with E-state index in [2.05, 4.69) is 34.5 Å². The normalized spacial score (nSPS) is 14.8. The van der Waals surface area contributed by atoms with Crippen molar-refractivity contribution in [3.63, 3.8) is 0 Å². The van der Waals surface area contributed by atoms with Crippen molar-refractivity contribution in [3.8, 4) is 5.75 Å². The number of nitrogens with one attached hydrogen (secondary N) is 1. The SMILES string of the molecule is COc1ccc(CNc2nc(N3CCCCCC3)nc3ccccc23)cc1. The fraction of sp³-hybridized carbons (Fsp3) is 0.364. The second-order valence-corrected chi connectivity index (χ2v) is 6.99. The highest BCUT2D eigenvalue weighted by Gasteiger charge is 2.15. The highest BCUT2D eigenvalue weighted by molar-refractivity contribution is 5.90. The van der Waals surface area contributed by atoms with Gasteiger partial charge in [0, 0.05) is 25.0 Å². The molecule has 1 fully saturated rings. The summed E-state index contributed by atoms with van der Waals surface area (Å²) in [6, 6.07) is 16.3. The second-order valence-electron chi connectivity index (χ2n) is 6.99. The first-order valence-corrected chi connectivity index (χ1v) is 9.72. The number of para-hydroxylation sites is 1. The number of benzene rings is 2. The first-order valence-electron chi connectivity index (χ1n) is 9.72. The third-order valence-corrected chi connectivity index (χ3v) is 5.10. The number of fused-ring (bicyclic) bond motifs is 1. The Labute approximate surface area is 160 Å². The highest BCUT2D eigenvalue weighted by Crippen LogP contribution is 2.25. The number of rotatable bonds is 5. The van der Waals surface area contributed by atoms with Crippen LogP contribution in [-0.2, 0) is 6.54 Å². The summed E-state index contributed by atoms with van der Waals surface area (Å²) in [7, 11) is 1.69.